The van der Waals surface area contributed by atoms with E-state index in [-0.39, 0.29) is 5.75 Å². The Kier molecular flexibility index (Phi) is 7.17. The monoisotopic (exact) mass is 474 g/mol. The molecule has 0 spiro atoms. The second-order valence-electron chi connectivity index (χ2n) is 8.45. The molecule has 0 bridgehead atoms. The van der Waals surface area contributed by atoms with Gasteiger partial charge in [0.25, 0.3) is 0 Å². The number of para-hydroxylation sites is 1. The smallest absolute Gasteiger partial charge is 0.184 e. The van der Waals surface area contributed by atoms with E-state index in [1.807, 2.05) is 73.7 Å². The number of ether oxygens (including phenoxy) is 1. The third-order valence-corrected chi connectivity index (χ3v) is 7.62. The number of aryl methyl sites for hydroxylation is 2. The molecule has 0 radical (unpaired) electrons. The largest absolute Gasteiger partial charge is 0.497 e. The third kappa shape index (κ3) is 5.23. The number of benzene rings is 3. The zero-order valence-corrected chi connectivity index (χ0v) is 20.7. The van der Waals surface area contributed by atoms with Crippen LogP contribution in [0.15, 0.2) is 83.8 Å². The van der Waals surface area contributed by atoms with Crippen LogP contribution in [0.3, 0.4) is 0 Å². The van der Waals surface area contributed by atoms with Crippen LogP contribution in [0.5, 0.6) is 5.75 Å². The van der Waals surface area contributed by atoms with E-state index in [2.05, 4.69) is 6.92 Å². The van der Waals surface area contributed by atoms with E-state index < -0.39 is 9.84 Å². The number of hydrogen-bond donors (Lipinski definition) is 0. The Hall–Kier alpha value is -3.38. The van der Waals surface area contributed by atoms with Gasteiger partial charge in [-0.25, -0.2) is 13.1 Å². The average Bonchev–Trinajstić information content (AvgIpc) is 3.26. The van der Waals surface area contributed by atoms with Gasteiger partial charge >= 0.3 is 0 Å². The van der Waals surface area contributed by atoms with Crippen LogP contribution in [0.2, 0.25) is 0 Å². The van der Waals surface area contributed by atoms with E-state index in [1.165, 1.54) is 0 Å². The molecular formula is C28H30N2O3S. The molecule has 1 heterocycles. The SMILES string of the molecule is CCCCc1ccc(S(=O)(=O)Cc2cc(-c3ccc(OC)cc3)nn2-c2ccccc2C)cc1. The summed E-state index contributed by atoms with van der Waals surface area (Å²) in [6.07, 6.45) is 3.16. The predicted octanol–water partition coefficient (Wildman–Crippen LogP) is 6.17. The summed E-state index contributed by atoms with van der Waals surface area (Å²) in [5.41, 5.74) is 5.27. The molecule has 0 N–H and O–H groups in total. The lowest BCUT2D eigenvalue weighted by Crippen LogP contribution is -2.11. The number of aromatic nitrogens is 2. The van der Waals surface area contributed by atoms with Crippen molar-refractivity contribution < 1.29 is 13.2 Å². The fourth-order valence-electron chi connectivity index (χ4n) is 3.96. The lowest BCUT2D eigenvalue weighted by Gasteiger charge is -2.11. The predicted molar refractivity (Wildman–Crippen MR) is 136 cm³/mol. The number of sulfone groups is 1. The first kappa shape index (κ1) is 23.8. The second kappa shape index (κ2) is 10.3. The van der Waals surface area contributed by atoms with E-state index >= 15 is 0 Å². The number of rotatable bonds is 9. The van der Waals surface area contributed by atoms with Crippen LogP contribution >= 0.6 is 0 Å². The van der Waals surface area contributed by atoms with Crippen molar-refractivity contribution >= 4 is 9.84 Å². The fourth-order valence-corrected chi connectivity index (χ4v) is 5.27. The Bertz CT molecular complexity index is 1360. The van der Waals surface area contributed by atoms with Gasteiger partial charge in [0.2, 0.25) is 0 Å². The minimum atomic E-state index is -3.55. The van der Waals surface area contributed by atoms with Gasteiger partial charge in [-0.3, -0.25) is 0 Å². The van der Waals surface area contributed by atoms with Crippen LogP contribution in [0.4, 0.5) is 0 Å². The van der Waals surface area contributed by atoms with Crippen molar-refractivity contribution in [2.45, 2.75) is 43.8 Å². The molecule has 4 rings (SSSR count). The zero-order chi connectivity index (χ0) is 24.1. The Morgan fingerprint density at radius 3 is 2.29 bits per heavy atom. The highest BCUT2D eigenvalue weighted by molar-refractivity contribution is 7.90. The molecule has 1 aromatic heterocycles. The minimum absolute atomic E-state index is 0.140. The molecule has 0 saturated carbocycles. The van der Waals surface area contributed by atoms with E-state index in [1.54, 1.807) is 23.9 Å². The maximum Gasteiger partial charge on any atom is 0.184 e. The summed E-state index contributed by atoms with van der Waals surface area (Å²) in [4.78, 5) is 0.330. The Labute approximate surface area is 202 Å². The van der Waals surface area contributed by atoms with Gasteiger partial charge in [0.05, 0.1) is 34.8 Å². The van der Waals surface area contributed by atoms with Crippen LogP contribution in [0.25, 0.3) is 16.9 Å². The van der Waals surface area contributed by atoms with Crippen LogP contribution in [0.1, 0.15) is 36.6 Å². The number of hydrogen-bond acceptors (Lipinski definition) is 4. The normalized spacial score (nSPS) is 11.5. The van der Waals surface area contributed by atoms with Crippen LogP contribution in [-0.4, -0.2) is 25.3 Å². The van der Waals surface area contributed by atoms with E-state index in [0.717, 1.165) is 47.4 Å². The van der Waals surface area contributed by atoms with E-state index in [4.69, 9.17) is 9.84 Å². The van der Waals surface area contributed by atoms with Gasteiger partial charge in [-0.2, -0.15) is 5.10 Å². The summed E-state index contributed by atoms with van der Waals surface area (Å²) < 4.78 is 33.7. The molecule has 3 aromatic carbocycles. The van der Waals surface area contributed by atoms with Crippen molar-refractivity contribution in [3.63, 3.8) is 0 Å². The van der Waals surface area contributed by atoms with Gasteiger partial charge in [0.15, 0.2) is 9.84 Å². The highest BCUT2D eigenvalue weighted by atomic mass is 32.2. The summed E-state index contributed by atoms with van der Waals surface area (Å²) in [7, 11) is -1.93. The van der Waals surface area contributed by atoms with Crippen LogP contribution < -0.4 is 4.74 Å². The standard InChI is InChI=1S/C28H30N2O3S/c1-4-5-9-22-11-17-26(18-12-22)34(31,32)20-24-19-27(23-13-15-25(33-3)16-14-23)29-30(24)28-10-7-6-8-21(28)2/h6-8,10-19H,4-5,9,20H2,1-3H3. The number of nitrogens with zero attached hydrogens (tertiary/aromatic N) is 2. The lowest BCUT2D eigenvalue weighted by atomic mass is 10.1. The summed E-state index contributed by atoms with van der Waals surface area (Å²) in [5, 5.41) is 4.80. The lowest BCUT2D eigenvalue weighted by molar-refractivity contribution is 0.415. The number of methoxy groups -OCH3 is 1. The zero-order valence-electron chi connectivity index (χ0n) is 19.9. The molecular weight excluding hydrogens is 444 g/mol. The van der Waals surface area contributed by atoms with Gasteiger partial charge in [0, 0.05) is 5.56 Å². The van der Waals surface area contributed by atoms with Crippen molar-refractivity contribution in [2.75, 3.05) is 7.11 Å². The van der Waals surface area contributed by atoms with Gasteiger partial charge in [0.1, 0.15) is 5.75 Å². The topological polar surface area (TPSA) is 61.2 Å². The van der Waals surface area contributed by atoms with Gasteiger partial charge in [-0.1, -0.05) is 43.7 Å². The molecule has 0 atom stereocenters. The van der Waals surface area contributed by atoms with Crippen molar-refractivity contribution in [1.82, 2.24) is 9.78 Å². The molecule has 4 aromatic rings. The average molecular weight is 475 g/mol. The molecule has 34 heavy (non-hydrogen) atoms. The maximum atomic E-state index is 13.4. The van der Waals surface area contributed by atoms with Gasteiger partial charge < -0.3 is 4.74 Å². The summed E-state index contributed by atoms with van der Waals surface area (Å²) in [6, 6.07) is 24.6. The van der Waals surface area contributed by atoms with Crippen LogP contribution in [-0.2, 0) is 22.0 Å². The quantitative estimate of drug-likeness (QED) is 0.291. The van der Waals surface area contributed by atoms with Gasteiger partial charge in [-0.05, 0) is 79.4 Å². The molecule has 0 aliphatic rings. The van der Waals surface area contributed by atoms with Crippen LogP contribution in [0, 0.1) is 6.92 Å². The first-order valence-corrected chi connectivity index (χ1v) is 13.2. The number of unbranched alkanes of at least 4 members (excludes halogenated alkanes) is 1. The van der Waals surface area contributed by atoms with E-state index in [9.17, 15) is 8.42 Å². The Morgan fingerprint density at radius 2 is 1.65 bits per heavy atom. The van der Waals surface area contributed by atoms with Crippen molar-refractivity contribution in [3.05, 3.63) is 95.7 Å². The molecule has 0 fully saturated rings. The molecule has 176 valence electrons. The highest BCUT2D eigenvalue weighted by Gasteiger charge is 2.21. The Balaban J connectivity index is 1.72. The van der Waals surface area contributed by atoms with Crippen molar-refractivity contribution in [3.8, 4) is 22.7 Å². The first-order valence-electron chi connectivity index (χ1n) is 11.5. The second-order valence-corrected chi connectivity index (χ2v) is 10.4. The third-order valence-electron chi connectivity index (χ3n) is 5.95. The summed E-state index contributed by atoms with van der Waals surface area (Å²) in [5.74, 6) is 0.617. The molecule has 0 unspecified atom stereocenters. The first-order chi connectivity index (χ1) is 16.4. The highest BCUT2D eigenvalue weighted by Crippen LogP contribution is 2.27. The maximum absolute atomic E-state index is 13.4. The fraction of sp³-hybridized carbons (Fsp3) is 0.250. The molecule has 0 aliphatic carbocycles. The molecule has 0 saturated heterocycles. The van der Waals surface area contributed by atoms with Crippen molar-refractivity contribution in [1.29, 1.82) is 0 Å². The molecule has 6 heteroatoms. The molecule has 5 nitrogen and oxygen atoms in total. The Morgan fingerprint density at radius 1 is 0.941 bits per heavy atom. The van der Waals surface area contributed by atoms with Crippen molar-refractivity contribution in [2.24, 2.45) is 0 Å². The molecule has 0 aliphatic heterocycles. The van der Waals surface area contributed by atoms with Gasteiger partial charge in [-0.15, -0.1) is 0 Å². The van der Waals surface area contributed by atoms with E-state index in [0.29, 0.717) is 16.3 Å². The molecule has 0 amide bonds. The summed E-state index contributed by atoms with van der Waals surface area (Å²) >= 11 is 0. The summed E-state index contributed by atoms with van der Waals surface area (Å²) in [6.45, 7) is 4.15. The minimum Gasteiger partial charge on any atom is -0.497 e.